The lowest BCUT2D eigenvalue weighted by Gasteiger charge is -2.19. The van der Waals surface area contributed by atoms with Gasteiger partial charge in [0.05, 0.1) is 11.5 Å². The lowest BCUT2D eigenvalue weighted by molar-refractivity contribution is -0.141. The van der Waals surface area contributed by atoms with Crippen molar-refractivity contribution in [1.29, 1.82) is 0 Å². The molecule has 0 amide bonds. The molecule has 2 heterocycles. The van der Waals surface area contributed by atoms with Crippen LogP contribution in [-0.2, 0) is 17.5 Å². The molecule has 2 rings (SSSR count). The van der Waals surface area contributed by atoms with Crippen molar-refractivity contribution in [3.63, 3.8) is 0 Å². The SMILES string of the molecule is CNCc1sc(C2CSCCO2)nc1C(F)(F)F. The highest BCUT2D eigenvalue weighted by atomic mass is 32.2. The first-order valence-electron chi connectivity index (χ1n) is 5.43. The Bertz CT molecular complexity index is 402. The Morgan fingerprint density at radius 1 is 1.50 bits per heavy atom. The molecule has 0 aromatic carbocycles. The largest absolute Gasteiger partial charge is 0.434 e. The van der Waals surface area contributed by atoms with Crippen molar-refractivity contribution in [2.45, 2.75) is 18.8 Å². The Balaban J connectivity index is 2.26. The molecule has 18 heavy (non-hydrogen) atoms. The van der Waals surface area contributed by atoms with E-state index in [2.05, 4.69) is 10.3 Å². The van der Waals surface area contributed by atoms with Gasteiger partial charge >= 0.3 is 6.18 Å². The number of alkyl halides is 3. The van der Waals surface area contributed by atoms with Gasteiger partial charge < -0.3 is 10.1 Å². The number of nitrogens with one attached hydrogen (secondary N) is 1. The number of ether oxygens (including phenoxy) is 1. The molecule has 102 valence electrons. The maximum Gasteiger partial charge on any atom is 0.434 e. The van der Waals surface area contributed by atoms with Gasteiger partial charge in [0.25, 0.3) is 0 Å². The second-order valence-corrected chi connectivity index (χ2v) is 6.05. The normalized spacial score (nSPS) is 21.2. The quantitative estimate of drug-likeness (QED) is 0.930. The van der Waals surface area contributed by atoms with Gasteiger partial charge in [-0.05, 0) is 7.05 Å². The summed E-state index contributed by atoms with van der Waals surface area (Å²) in [4.78, 5) is 3.96. The Morgan fingerprint density at radius 2 is 2.28 bits per heavy atom. The number of nitrogens with zero attached hydrogens (tertiary/aromatic N) is 1. The van der Waals surface area contributed by atoms with Crippen molar-refractivity contribution in [1.82, 2.24) is 10.3 Å². The van der Waals surface area contributed by atoms with E-state index in [-0.39, 0.29) is 17.5 Å². The van der Waals surface area contributed by atoms with Crippen LogP contribution >= 0.6 is 23.1 Å². The minimum atomic E-state index is -4.40. The summed E-state index contributed by atoms with van der Waals surface area (Å²) < 4.78 is 43.9. The van der Waals surface area contributed by atoms with E-state index in [9.17, 15) is 13.2 Å². The summed E-state index contributed by atoms with van der Waals surface area (Å²) in [6, 6.07) is 0. The van der Waals surface area contributed by atoms with E-state index < -0.39 is 11.9 Å². The summed E-state index contributed by atoms with van der Waals surface area (Å²) in [6.45, 7) is 0.740. The number of halogens is 3. The summed E-state index contributed by atoms with van der Waals surface area (Å²) in [5.74, 6) is 1.56. The van der Waals surface area contributed by atoms with E-state index in [1.807, 2.05) is 0 Å². The molecule has 1 unspecified atom stereocenters. The molecule has 1 aromatic heterocycles. The average Bonchev–Trinajstić information content (AvgIpc) is 2.75. The highest BCUT2D eigenvalue weighted by molar-refractivity contribution is 7.99. The van der Waals surface area contributed by atoms with Crippen molar-refractivity contribution in [3.8, 4) is 0 Å². The van der Waals surface area contributed by atoms with Crippen molar-refractivity contribution >= 4 is 23.1 Å². The van der Waals surface area contributed by atoms with Gasteiger partial charge in [0.2, 0.25) is 0 Å². The van der Waals surface area contributed by atoms with Crippen molar-refractivity contribution in [2.24, 2.45) is 0 Å². The molecule has 1 fully saturated rings. The number of aromatic nitrogens is 1. The molecule has 1 atom stereocenters. The zero-order chi connectivity index (χ0) is 13.2. The van der Waals surface area contributed by atoms with Crippen LogP contribution in [0.5, 0.6) is 0 Å². The molecule has 1 N–H and O–H groups in total. The van der Waals surface area contributed by atoms with Crippen LogP contribution in [0.15, 0.2) is 0 Å². The van der Waals surface area contributed by atoms with E-state index in [1.165, 1.54) is 0 Å². The Morgan fingerprint density at radius 3 is 2.83 bits per heavy atom. The molecule has 0 radical (unpaired) electrons. The summed E-state index contributed by atoms with van der Waals surface area (Å²) in [5.41, 5.74) is -0.781. The third-order valence-electron chi connectivity index (χ3n) is 2.41. The van der Waals surface area contributed by atoms with Crippen LogP contribution < -0.4 is 5.32 Å². The Kier molecular flexibility index (Phi) is 4.52. The fraction of sp³-hybridized carbons (Fsp3) is 0.700. The monoisotopic (exact) mass is 298 g/mol. The van der Waals surface area contributed by atoms with Gasteiger partial charge in [0, 0.05) is 18.1 Å². The second kappa shape index (κ2) is 5.77. The van der Waals surface area contributed by atoms with Crippen LogP contribution in [0.4, 0.5) is 13.2 Å². The van der Waals surface area contributed by atoms with Crippen LogP contribution in [0.2, 0.25) is 0 Å². The molecule has 0 aliphatic carbocycles. The van der Waals surface area contributed by atoms with Gasteiger partial charge in [0.1, 0.15) is 11.1 Å². The minimum absolute atomic E-state index is 0.173. The maximum absolute atomic E-state index is 12.8. The number of rotatable bonds is 3. The van der Waals surface area contributed by atoms with Crippen LogP contribution in [0, 0.1) is 0 Å². The van der Waals surface area contributed by atoms with Crippen LogP contribution in [0.1, 0.15) is 21.7 Å². The number of thiazole rings is 1. The lowest BCUT2D eigenvalue weighted by Crippen LogP contribution is -2.16. The molecule has 3 nitrogen and oxygen atoms in total. The predicted octanol–water partition coefficient (Wildman–Crippen LogP) is 2.69. The Labute approximate surface area is 111 Å². The van der Waals surface area contributed by atoms with E-state index >= 15 is 0 Å². The third-order valence-corrected chi connectivity index (χ3v) is 4.55. The van der Waals surface area contributed by atoms with Crippen LogP contribution in [0.3, 0.4) is 0 Å². The maximum atomic E-state index is 12.8. The van der Waals surface area contributed by atoms with E-state index in [4.69, 9.17) is 4.74 Å². The fourth-order valence-corrected chi connectivity index (χ4v) is 3.74. The predicted molar refractivity (Wildman–Crippen MR) is 65.9 cm³/mol. The van der Waals surface area contributed by atoms with Crippen LogP contribution in [0.25, 0.3) is 0 Å². The van der Waals surface area contributed by atoms with E-state index in [0.29, 0.717) is 17.4 Å². The minimum Gasteiger partial charge on any atom is -0.369 e. The molecular formula is C10H13F3N2OS2. The fourth-order valence-electron chi connectivity index (χ4n) is 1.64. The van der Waals surface area contributed by atoms with Gasteiger partial charge in [-0.2, -0.15) is 24.9 Å². The van der Waals surface area contributed by atoms with Crippen molar-refractivity contribution < 1.29 is 17.9 Å². The standard InChI is InChI=1S/C10H13F3N2OS2/c1-14-4-7-8(10(11,12)13)15-9(18-7)6-5-17-3-2-16-6/h6,14H,2-5H2,1H3. The molecule has 8 heteroatoms. The molecule has 0 spiro atoms. The number of thioether (sulfide) groups is 1. The summed E-state index contributed by atoms with van der Waals surface area (Å²) >= 11 is 2.76. The zero-order valence-electron chi connectivity index (χ0n) is 9.71. The molecule has 1 aromatic rings. The lowest BCUT2D eigenvalue weighted by atomic mass is 10.3. The van der Waals surface area contributed by atoms with E-state index in [1.54, 1.807) is 18.8 Å². The highest BCUT2D eigenvalue weighted by Gasteiger charge is 2.38. The molecular weight excluding hydrogens is 285 g/mol. The molecule has 0 bridgehead atoms. The summed E-state index contributed by atoms with van der Waals surface area (Å²) in [6.07, 6.45) is -4.71. The average molecular weight is 298 g/mol. The van der Waals surface area contributed by atoms with Crippen LogP contribution in [-0.4, -0.2) is 30.1 Å². The first-order chi connectivity index (χ1) is 8.52. The van der Waals surface area contributed by atoms with Crippen molar-refractivity contribution in [2.75, 3.05) is 25.2 Å². The zero-order valence-corrected chi connectivity index (χ0v) is 11.3. The van der Waals surface area contributed by atoms with Gasteiger partial charge in [-0.25, -0.2) is 4.98 Å². The van der Waals surface area contributed by atoms with Crippen molar-refractivity contribution in [3.05, 3.63) is 15.6 Å². The highest BCUT2D eigenvalue weighted by Crippen LogP contribution is 2.38. The van der Waals surface area contributed by atoms with Gasteiger partial charge in [0.15, 0.2) is 5.69 Å². The first-order valence-corrected chi connectivity index (χ1v) is 7.40. The number of hydrogen-bond acceptors (Lipinski definition) is 5. The smallest absolute Gasteiger partial charge is 0.369 e. The topological polar surface area (TPSA) is 34.1 Å². The summed E-state index contributed by atoms with van der Waals surface area (Å²) in [7, 11) is 1.62. The van der Waals surface area contributed by atoms with E-state index in [0.717, 1.165) is 17.1 Å². The molecule has 1 aliphatic rings. The molecule has 0 saturated carbocycles. The number of hydrogen-bond donors (Lipinski definition) is 1. The van der Waals surface area contributed by atoms with Gasteiger partial charge in [-0.3, -0.25) is 0 Å². The third kappa shape index (κ3) is 3.17. The van der Waals surface area contributed by atoms with Gasteiger partial charge in [-0.15, -0.1) is 11.3 Å². The molecule has 1 saturated heterocycles. The van der Waals surface area contributed by atoms with Gasteiger partial charge in [-0.1, -0.05) is 0 Å². The second-order valence-electron chi connectivity index (χ2n) is 3.79. The summed E-state index contributed by atoms with van der Waals surface area (Å²) in [5, 5.41) is 3.17. The molecule has 1 aliphatic heterocycles. The Hall–Kier alpha value is -0.310. The first kappa shape index (κ1) is 14.1.